The first-order valence-corrected chi connectivity index (χ1v) is 7.86. The summed E-state index contributed by atoms with van der Waals surface area (Å²) >= 11 is 3.24. The van der Waals surface area contributed by atoms with Crippen LogP contribution in [0.4, 0.5) is 13.2 Å². The van der Waals surface area contributed by atoms with E-state index in [1.165, 1.54) is 0 Å². The van der Waals surface area contributed by atoms with Crippen LogP contribution in [0.3, 0.4) is 0 Å². The highest BCUT2D eigenvalue weighted by Crippen LogP contribution is 2.15. The zero-order valence-electron chi connectivity index (χ0n) is 13.2. The number of amides is 1. The molecular formula is C15H23BrF3NO2. The van der Waals surface area contributed by atoms with Crippen LogP contribution in [0.25, 0.3) is 0 Å². The molecule has 128 valence electrons. The van der Waals surface area contributed by atoms with Crippen molar-refractivity contribution < 1.29 is 23.1 Å². The van der Waals surface area contributed by atoms with Crippen molar-refractivity contribution in [3.63, 3.8) is 0 Å². The molecule has 22 heavy (non-hydrogen) atoms. The zero-order valence-corrected chi connectivity index (χ0v) is 14.8. The molecule has 3 nitrogen and oxygen atoms in total. The molecule has 7 heteroatoms. The number of alkyl halides is 3. The Labute approximate surface area is 138 Å². The average Bonchev–Trinajstić information content (AvgIpc) is 2.48. The highest BCUT2D eigenvalue weighted by atomic mass is 79.9. The zero-order chi connectivity index (χ0) is 17.8. The third-order valence-electron chi connectivity index (χ3n) is 2.12. The molecule has 2 N–H and O–H groups in total. The molecule has 1 amide bonds. The smallest absolute Gasteiger partial charge is 0.391 e. The molecule has 0 aromatic heterocycles. The second-order valence-electron chi connectivity index (χ2n) is 3.70. The van der Waals surface area contributed by atoms with Crippen molar-refractivity contribution >= 4 is 21.8 Å². The van der Waals surface area contributed by atoms with E-state index in [0.717, 1.165) is 10.0 Å². The van der Waals surface area contributed by atoms with Crippen LogP contribution < -0.4 is 5.32 Å². The Kier molecular flexibility index (Phi) is 13.1. The average molecular weight is 386 g/mol. The number of rotatable bonds is 4. The first-order valence-electron chi connectivity index (χ1n) is 7.06. The Balaban J connectivity index is 0. The van der Waals surface area contributed by atoms with E-state index in [4.69, 9.17) is 0 Å². The fraction of sp³-hybridized carbons (Fsp3) is 0.533. The Hall–Kier alpha value is -1.08. The van der Waals surface area contributed by atoms with Gasteiger partial charge in [0.15, 0.2) is 0 Å². The summed E-state index contributed by atoms with van der Waals surface area (Å²) in [6.07, 6.45) is -5.82. The van der Waals surface area contributed by atoms with Gasteiger partial charge >= 0.3 is 12.1 Å². The van der Waals surface area contributed by atoms with Crippen molar-refractivity contribution in [3.8, 4) is 0 Å². The minimum atomic E-state index is -4.92. The number of halogens is 4. The summed E-state index contributed by atoms with van der Waals surface area (Å²) in [7, 11) is 0. The number of aliphatic hydroxyl groups excluding tert-OH is 1. The van der Waals surface area contributed by atoms with Gasteiger partial charge in [-0.2, -0.15) is 13.2 Å². The Morgan fingerprint density at radius 2 is 1.82 bits per heavy atom. The minimum Gasteiger partial charge on any atom is -0.391 e. The number of carbonyl (C=O) groups excluding carboxylic acids is 1. The van der Waals surface area contributed by atoms with E-state index in [0.29, 0.717) is 0 Å². The molecule has 1 rings (SSSR count). The Morgan fingerprint density at radius 3 is 2.27 bits per heavy atom. The molecule has 0 fully saturated rings. The predicted molar refractivity (Wildman–Crippen MR) is 85.6 cm³/mol. The summed E-state index contributed by atoms with van der Waals surface area (Å²) in [6.45, 7) is 7.56. The van der Waals surface area contributed by atoms with Crippen LogP contribution in [0, 0.1) is 0 Å². The topological polar surface area (TPSA) is 49.3 Å². The van der Waals surface area contributed by atoms with Crippen molar-refractivity contribution in [1.29, 1.82) is 0 Å². The van der Waals surface area contributed by atoms with Crippen LogP contribution in [-0.2, 0) is 11.2 Å². The van der Waals surface area contributed by atoms with E-state index in [1.54, 1.807) is 29.6 Å². The fourth-order valence-electron chi connectivity index (χ4n) is 1.32. The Bertz CT molecular complexity index is 425. The van der Waals surface area contributed by atoms with Gasteiger partial charge in [0.1, 0.15) is 0 Å². The second-order valence-corrected chi connectivity index (χ2v) is 4.61. The summed E-state index contributed by atoms with van der Waals surface area (Å²) in [6, 6.07) is 7.02. The van der Waals surface area contributed by atoms with E-state index < -0.39 is 24.7 Å². The summed E-state index contributed by atoms with van der Waals surface area (Å²) in [5.74, 6) is -2.05. The molecule has 1 aromatic carbocycles. The molecule has 0 aliphatic heterocycles. The van der Waals surface area contributed by atoms with Crippen LogP contribution in [0.2, 0.25) is 0 Å². The lowest BCUT2D eigenvalue weighted by Gasteiger charge is -2.13. The van der Waals surface area contributed by atoms with E-state index in [-0.39, 0.29) is 6.42 Å². The summed E-state index contributed by atoms with van der Waals surface area (Å²) < 4.78 is 36.5. The van der Waals surface area contributed by atoms with Crippen molar-refractivity contribution in [2.24, 2.45) is 0 Å². The highest BCUT2D eigenvalue weighted by Gasteiger charge is 2.38. The number of carbonyl (C=O) groups is 1. The summed E-state index contributed by atoms with van der Waals surface area (Å²) in [5.41, 5.74) is 0.762. The van der Waals surface area contributed by atoms with Crippen LogP contribution in [0.1, 0.15) is 33.3 Å². The number of hydrogen-bond donors (Lipinski definition) is 2. The molecule has 1 aromatic rings. The first kappa shape index (κ1) is 23.2. The lowest BCUT2D eigenvalue weighted by Crippen LogP contribution is -2.41. The van der Waals surface area contributed by atoms with Gasteiger partial charge in [-0.15, -0.1) is 0 Å². The molecule has 1 atom stereocenters. The van der Waals surface area contributed by atoms with Gasteiger partial charge in [0, 0.05) is 17.4 Å². The maximum atomic E-state index is 11.9. The highest BCUT2D eigenvalue weighted by molar-refractivity contribution is 9.10. The normalized spacial score (nSPS) is 11.3. The molecule has 1 unspecified atom stereocenters. The van der Waals surface area contributed by atoms with Gasteiger partial charge in [-0.1, -0.05) is 55.8 Å². The number of nitrogens with one attached hydrogen (secondary N) is 1. The molecule has 0 radical (unpaired) electrons. The number of hydrogen-bond acceptors (Lipinski definition) is 2. The van der Waals surface area contributed by atoms with Gasteiger partial charge < -0.3 is 10.4 Å². The van der Waals surface area contributed by atoms with Crippen LogP contribution >= 0.6 is 15.9 Å². The van der Waals surface area contributed by atoms with Gasteiger partial charge in [-0.3, -0.25) is 4.79 Å². The molecule has 0 heterocycles. The van der Waals surface area contributed by atoms with Gasteiger partial charge in [0.05, 0.1) is 6.10 Å². The quantitative estimate of drug-likeness (QED) is 0.819. The largest absolute Gasteiger partial charge is 0.471 e. The SMILES string of the molecule is CC.CC.O=C(NCC(O)Cc1cccc(Br)c1)C(F)(F)F. The third-order valence-corrected chi connectivity index (χ3v) is 2.61. The molecule has 0 saturated heterocycles. The monoisotopic (exact) mass is 385 g/mol. The third kappa shape index (κ3) is 10.6. The van der Waals surface area contributed by atoms with E-state index in [1.807, 2.05) is 27.7 Å². The molecule has 0 saturated carbocycles. The lowest BCUT2D eigenvalue weighted by atomic mass is 10.1. The maximum Gasteiger partial charge on any atom is 0.471 e. The minimum absolute atomic E-state index is 0.164. The van der Waals surface area contributed by atoms with Gasteiger partial charge in [0.2, 0.25) is 0 Å². The molecule has 0 aliphatic carbocycles. The van der Waals surface area contributed by atoms with Crippen molar-refractivity contribution in [3.05, 3.63) is 34.3 Å². The molecule has 0 aliphatic rings. The van der Waals surface area contributed by atoms with Crippen molar-refractivity contribution in [2.45, 2.75) is 46.4 Å². The summed E-state index contributed by atoms with van der Waals surface area (Å²) in [5, 5.41) is 11.1. The van der Waals surface area contributed by atoms with Crippen LogP contribution in [-0.4, -0.2) is 29.8 Å². The van der Waals surface area contributed by atoms with Crippen molar-refractivity contribution in [1.82, 2.24) is 5.32 Å². The van der Waals surface area contributed by atoms with E-state index >= 15 is 0 Å². The van der Waals surface area contributed by atoms with Crippen LogP contribution in [0.15, 0.2) is 28.7 Å². The van der Waals surface area contributed by atoms with Gasteiger partial charge in [-0.05, 0) is 17.7 Å². The molecule has 0 spiro atoms. The fourth-order valence-corrected chi connectivity index (χ4v) is 1.77. The number of aliphatic hydroxyl groups is 1. The van der Waals surface area contributed by atoms with Crippen LogP contribution in [0.5, 0.6) is 0 Å². The Morgan fingerprint density at radius 1 is 1.27 bits per heavy atom. The summed E-state index contributed by atoms with van der Waals surface area (Å²) in [4.78, 5) is 10.5. The first-order chi connectivity index (χ1) is 10.3. The van der Waals surface area contributed by atoms with E-state index in [2.05, 4.69) is 15.9 Å². The van der Waals surface area contributed by atoms with Gasteiger partial charge in [-0.25, -0.2) is 0 Å². The lowest BCUT2D eigenvalue weighted by molar-refractivity contribution is -0.173. The van der Waals surface area contributed by atoms with Gasteiger partial charge in [0.25, 0.3) is 0 Å². The number of benzene rings is 1. The molecular weight excluding hydrogens is 363 g/mol. The second kappa shape index (κ2) is 12.5. The maximum absolute atomic E-state index is 11.9. The predicted octanol–water partition coefficient (Wildman–Crippen LogP) is 4.08. The van der Waals surface area contributed by atoms with E-state index in [9.17, 15) is 23.1 Å². The standard InChI is InChI=1S/C11H11BrF3NO2.2C2H6/c12-8-3-1-2-7(4-8)5-9(17)6-16-10(18)11(13,14)15;2*1-2/h1-4,9,17H,5-6H2,(H,16,18);2*1-2H3. The van der Waals surface area contributed by atoms with Crippen molar-refractivity contribution in [2.75, 3.05) is 6.54 Å². The molecule has 0 bridgehead atoms.